The van der Waals surface area contributed by atoms with Gasteiger partial charge in [-0.05, 0) is 71.9 Å². The van der Waals surface area contributed by atoms with Gasteiger partial charge in [-0.3, -0.25) is 4.98 Å². The third-order valence-electron chi connectivity index (χ3n) is 4.40. The highest BCUT2D eigenvalue weighted by Crippen LogP contribution is 2.26. The molecule has 0 aliphatic carbocycles. The maximum atomic E-state index is 10.6. The number of phenols is 1. The summed E-state index contributed by atoms with van der Waals surface area (Å²) in [7, 11) is 0. The first-order valence-corrected chi connectivity index (χ1v) is 9.13. The highest BCUT2D eigenvalue weighted by molar-refractivity contribution is 5.80. The van der Waals surface area contributed by atoms with Gasteiger partial charge in [-0.15, -0.1) is 0 Å². The van der Waals surface area contributed by atoms with E-state index >= 15 is 0 Å². The number of allylic oxidation sites excluding steroid dienone is 1. The summed E-state index contributed by atoms with van der Waals surface area (Å²) in [4.78, 5) is 4.42. The van der Waals surface area contributed by atoms with E-state index in [9.17, 15) is 15.3 Å². The molecule has 27 heavy (non-hydrogen) atoms. The van der Waals surface area contributed by atoms with Crippen LogP contribution in [0.1, 0.15) is 37.4 Å². The molecule has 0 bridgehead atoms. The highest BCUT2D eigenvalue weighted by Gasteiger charge is 2.15. The third-order valence-corrected chi connectivity index (χ3v) is 4.40. The van der Waals surface area contributed by atoms with Gasteiger partial charge in [-0.1, -0.05) is 37.8 Å². The fourth-order valence-corrected chi connectivity index (χ4v) is 2.91. The first-order valence-electron chi connectivity index (χ1n) is 9.13. The zero-order valence-corrected chi connectivity index (χ0v) is 15.7. The predicted molar refractivity (Wildman–Crippen MR) is 110 cm³/mol. The molecule has 1 atom stereocenters. The van der Waals surface area contributed by atoms with Crippen LogP contribution >= 0.6 is 0 Å². The number of aromatic hydroxyl groups is 1. The molecule has 1 heterocycles. The number of phenolic OH excluding ortho intramolecular Hbond substituents is 1. The molecule has 2 aromatic rings. The number of hydrogen-bond donors (Lipinski definition) is 3. The van der Waals surface area contributed by atoms with Crippen molar-refractivity contribution in [1.29, 1.82) is 0 Å². The zero-order chi connectivity index (χ0) is 19.6. The Balaban J connectivity index is 2.25. The van der Waals surface area contributed by atoms with Gasteiger partial charge in [0.1, 0.15) is 5.75 Å². The van der Waals surface area contributed by atoms with Crippen molar-refractivity contribution in [2.45, 2.75) is 32.3 Å². The van der Waals surface area contributed by atoms with Crippen molar-refractivity contribution in [2.24, 2.45) is 0 Å². The molecule has 0 aliphatic rings. The van der Waals surface area contributed by atoms with Crippen LogP contribution in [0.3, 0.4) is 0 Å². The summed E-state index contributed by atoms with van der Waals surface area (Å²) in [5, 5.41) is 29.6. The van der Waals surface area contributed by atoms with Crippen LogP contribution in [-0.2, 0) is 0 Å². The fourth-order valence-electron chi connectivity index (χ4n) is 2.91. The predicted octanol–water partition coefficient (Wildman–Crippen LogP) is 4.35. The van der Waals surface area contributed by atoms with Crippen LogP contribution in [0.5, 0.6) is 5.75 Å². The van der Waals surface area contributed by atoms with Gasteiger partial charge in [0, 0.05) is 6.20 Å². The number of rotatable bonds is 9. The van der Waals surface area contributed by atoms with Crippen LogP contribution in [0, 0.1) is 0 Å². The molecule has 142 valence electrons. The molecule has 1 unspecified atom stereocenters. The van der Waals surface area contributed by atoms with Crippen molar-refractivity contribution >= 4 is 11.6 Å². The molecule has 0 radical (unpaired) electrons. The molecule has 0 amide bonds. The summed E-state index contributed by atoms with van der Waals surface area (Å²) in [6, 6.07) is 12.7. The normalized spacial score (nSPS) is 13.4. The highest BCUT2D eigenvalue weighted by atomic mass is 16.3. The fraction of sp³-hybridized carbons (Fsp3) is 0.261. The minimum Gasteiger partial charge on any atom is -0.508 e. The van der Waals surface area contributed by atoms with E-state index in [0.29, 0.717) is 18.4 Å². The molecule has 0 aliphatic heterocycles. The van der Waals surface area contributed by atoms with Gasteiger partial charge < -0.3 is 15.3 Å². The van der Waals surface area contributed by atoms with Crippen molar-refractivity contribution in [3.05, 3.63) is 83.7 Å². The first kappa shape index (κ1) is 20.6. The molecule has 4 nitrogen and oxygen atoms in total. The Morgan fingerprint density at radius 3 is 2.67 bits per heavy atom. The van der Waals surface area contributed by atoms with Crippen LogP contribution in [0.2, 0.25) is 0 Å². The average Bonchev–Trinajstić information content (AvgIpc) is 2.69. The van der Waals surface area contributed by atoms with Gasteiger partial charge in [0.2, 0.25) is 0 Å². The molecule has 0 spiro atoms. The van der Waals surface area contributed by atoms with Gasteiger partial charge in [-0.2, -0.15) is 0 Å². The summed E-state index contributed by atoms with van der Waals surface area (Å²) in [6.45, 7) is 5.83. The number of aromatic nitrogens is 1. The van der Waals surface area contributed by atoms with Crippen molar-refractivity contribution in [1.82, 2.24) is 4.98 Å². The number of aliphatic hydroxyl groups excluding tert-OH is 2. The van der Waals surface area contributed by atoms with E-state index in [1.807, 2.05) is 37.3 Å². The lowest BCUT2D eigenvalue weighted by molar-refractivity contribution is 0.202. The number of benzene rings is 1. The van der Waals surface area contributed by atoms with E-state index < -0.39 is 6.10 Å². The van der Waals surface area contributed by atoms with E-state index in [0.717, 1.165) is 28.8 Å². The van der Waals surface area contributed by atoms with Crippen molar-refractivity contribution in [2.75, 3.05) is 6.61 Å². The lowest BCUT2D eigenvalue weighted by atomic mass is 9.93. The van der Waals surface area contributed by atoms with Gasteiger partial charge in [-0.25, -0.2) is 0 Å². The second kappa shape index (κ2) is 10.5. The SMILES string of the molecule is C=C(CC)/C(=C/CO)C(O)CC/C(=C/c1cccc(O)c1)c1ccccn1. The Labute approximate surface area is 160 Å². The van der Waals surface area contributed by atoms with Crippen LogP contribution in [-0.4, -0.2) is 33.0 Å². The monoisotopic (exact) mass is 365 g/mol. The van der Waals surface area contributed by atoms with Crippen molar-refractivity contribution in [3.8, 4) is 5.75 Å². The lowest BCUT2D eigenvalue weighted by Gasteiger charge is -2.17. The molecule has 0 saturated carbocycles. The van der Waals surface area contributed by atoms with Crippen LogP contribution in [0.25, 0.3) is 11.6 Å². The Morgan fingerprint density at radius 1 is 1.22 bits per heavy atom. The largest absolute Gasteiger partial charge is 0.508 e. The second-order valence-electron chi connectivity index (χ2n) is 6.33. The summed E-state index contributed by atoms with van der Waals surface area (Å²) < 4.78 is 0. The minimum absolute atomic E-state index is 0.127. The van der Waals surface area contributed by atoms with E-state index in [4.69, 9.17) is 0 Å². The third kappa shape index (κ3) is 6.20. The smallest absolute Gasteiger partial charge is 0.116 e. The maximum Gasteiger partial charge on any atom is 0.116 e. The molecule has 4 heteroatoms. The van der Waals surface area contributed by atoms with Gasteiger partial charge in [0.15, 0.2) is 0 Å². The Kier molecular flexibility index (Phi) is 7.99. The number of nitrogens with zero attached hydrogens (tertiary/aromatic N) is 1. The lowest BCUT2D eigenvalue weighted by Crippen LogP contribution is -2.13. The topological polar surface area (TPSA) is 73.6 Å². The molecule has 3 N–H and O–H groups in total. The minimum atomic E-state index is -0.708. The van der Waals surface area contributed by atoms with Gasteiger partial charge >= 0.3 is 0 Å². The van der Waals surface area contributed by atoms with Crippen molar-refractivity contribution in [3.63, 3.8) is 0 Å². The summed E-state index contributed by atoms with van der Waals surface area (Å²) in [5.74, 6) is 0.205. The van der Waals surface area contributed by atoms with Crippen LogP contribution in [0.15, 0.2) is 72.5 Å². The van der Waals surface area contributed by atoms with E-state index in [2.05, 4.69) is 11.6 Å². The zero-order valence-electron chi connectivity index (χ0n) is 15.7. The summed E-state index contributed by atoms with van der Waals surface area (Å²) in [5.41, 5.74) is 4.18. The maximum absolute atomic E-state index is 10.6. The van der Waals surface area contributed by atoms with E-state index in [-0.39, 0.29) is 12.4 Å². The second-order valence-corrected chi connectivity index (χ2v) is 6.33. The first-order chi connectivity index (χ1) is 13.0. The molecule has 1 aromatic carbocycles. The molecular weight excluding hydrogens is 338 g/mol. The Morgan fingerprint density at radius 2 is 2.04 bits per heavy atom. The molecule has 1 aromatic heterocycles. The van der Waals surface area contributed by atoms with Gasteiger partial charge in [0.25, 0.3) is 0 Å². The molecule has 2 rings (SSSR count). The molecule has 0 saturated heterocycles. The number of hydrogen-bond acceptors (Lipinski definition) is 4. The standard InChI is InChI=1S/C23H27NO3/c1-3-17(2)21(12-14-25)23(27)11-10-19(22-9-4-5-13-24-22)15-18-7-6-8-20(26)16-18/h4-9,12-13,15-16,23,25-27H,2-3,10-11,14H2,1H3/b19-15-,21-12-. The molecular formula is C23H27NO3. The Hall–Kier alpha value is -2.69. The van der Waals surface area contributed by atoms with E-state index in [1.165, 1.54) is 0 Å². The van der Waals surface area contributed by atoms with Crippen molar-refractivity contribution < 1.29 is 15.3 Å². The average molecular weight is 365 g/mol. The van der Waals surface area contributed by atoms with E-state index in [1.54, 1.807) is 30.5 Å². The Bertz CT molecular complexity index is 809. The number of pyridine rings is 1. The number of aliphatic hydroxyl groups is 2. The quantitative estimate of drug-likeness (QED) is 0.578. The summed E-state index contributed by atoms with van der Waals surface area (Å²) in [6.07, 6.45) is 6.41. The summed E-state index contributed by atoms with van der Waals surface area (Å²) >= 11 is 0. The molecule has 0 fully saturated rings. The van der Waals surface area contributed by atoms with Crippen LogP contribution < -0.4 is 0 Å². The van der Waals surface area contributed by atoms with Gasteiger partial charge in [0.05, 0.1) is 18.4 Å². The van der Waals surface area contributed by atoms with Crippen LogP contribution in [0.4, 0.5) is 0 Å².